The molecule has 2 saturated heterocycles. The Morgan fingerprint density at radius 2 is 2.05 bits per heavy atom. The summed E-state index contributed by atoms with van der Waals surface area (Å²) in [5.41, 5.74) is 0. The van der Waals surface area contributed by atoms with Crippen molar-refractivity contribution in [3.63, 3.8) is 0 Å². The normalized spacial score (nSPS) is 35.1. The van der Waals surface area contributed by atoms with E-state index in [2.05, 4.69) is 6.92 Å². The van der Waals surface area contributed by atoms with Crippen LogP contribution in [0.5, 0.6) is 0 Å². The molecule has 0 amide bonds. The van der Waals surface area contributed by atoms with Gasteiger partial charge in [-0.1, -0.05) is 27.2 Å². The van der Waals surface area contributed by atoms with Gasteiger partial charge in [0.15, 0.2) is 0 Å². The molecule has 1 saturated carbocycles. The maximum absolute atomic E-state index is 11.0. The van der Waals surface area contributed by atoms with Crippen LogP contribution in [0.15, 0.2) is 0 Å². The first-order valence-electron chi connectivity index (χ1n) is 8.07. The fourth-order valence-corrected chi connectivity index (χ4v) is 2.51. The molecule has 0 spiro atoms. The Hall–Kier alpha value is -0.610. The molecule has 3 rings (SSSR count). The smallest absolute Gasteiger partial charge is 0.308 e. The molecule has 2 aliphatic heterocycles. The molecule has 116 valence electrons. The number of fused-ring (bicyclic) bond motifs is 1. The van der Waals surface area contributed by atoms with Crippen molar-refractivity contribution in [1.29, 1.82) is 0 Å². The third-order valence-electron chi connectivity index (χ3n) is 4.52. The topological polar surface area (TPSA) is 51.4 Å². The summed E-state index contributed by atoms with van der Waals surface area (Å²) < 4.78 is 15.3. The molecule has 20 heavy (non-hydrogen) atoms. The second-order valence-corrected chi connectivity index (χ2v) is 6.19. The van der Waals surface area contributed by atoms with E-state index in [-0.39, 0.29) is 18.0 Å². The van der Waals surface area contributed by atoms with Gasteiger partial charge in [0.05, 0.1) is 24.7 Å². The van der Waals surface area contributed by atoms with Gasteiger partial charge in [0, 0.05) is 0 Å². The van der Waals surface area contributed by atoms with Gasteiger partial charge in [-0.2, -0.15) is 0 Å². The maximum atomic E-state index is 11.0. The van der Waals surface area contributed by atoms with Gasteiger partial charge in [0.25, 0.3) is 0 Å². The lowest BCUT2D eigenvalue weighted by Crippen LogP contribution is -2.16. The Kier molecular flexibility index (Phi) is 5.85. The van der Waals surface area contributed by atoms with E-state index in [1.807, 2.05) is 13.8 Å². The van der Waals surface area contributed by atoms with Crippen molar-refractivity contribution in [1.82, 2.24) is 0 Å². The van der Waals surface area contributed by atoms with Gasteiger partial charge >= 0.3 is 5.97 Å². The second kappa shape index (κ2) is 7.41. The van der Waals surface area contributed by atoms with Gasteiger partial charge in [-0.3, -0.25) is 4.79 Å². The van der Waals surface area contributed by atoms with Crippen molar-refractivity contribution in [2.24, 2.45) is 11.8 Å². The van der Waals surface area contributed by atoms with Crippen LogP contribution in [0.3, 0.4) is 0 Å². The van der Waals surface area contributed by atoms with E-state index < -0.39 is 0 Å². The zero-order chi connectivity index (χ0) is 14.5. The zero-order valence-electron chi connectivity index (χ0n) is 13.0. The van der Waals surface area contributed by atoms with Crippen LogP contribution in [0.2, 0.25) is 0 Å². The highest BCUT2D eigenvalue weighted by atomic mass is 16.6. The molecule has 0 aromatic heterocycles. The lowest BCUT2D eigenvalue weighted by atomic mass is 9.88. The standard InChI is InChI=1S/C8H14O3.C8H14O/c1-3-6(2)8(9)11-5-7-4-10-7;1-2-6-3-4-7-8(5-6)9-7/h6-7H,3-5H2,1-2H3;6-8H,2-5H2,1H3. The van der Waals surface area contributed by atoms with Crippen molar-refractivity contribution in [2.75, 3.05) is 13.2 Å². The Bertz CT molecular complexity index is 314. The number of carbonyl (C=O) groups is 1. The molecule has 3 fully saturated rings. The van der Waals surface area contributed by atoms with E-state index in [9.17, 15) is 4.79 Å². The van der Waals surface area contributed by atoms with Crippen LogP contribution in [-0.2, 0) is 19.0 Å². The number of rotatable bonds is 5. The van der Waals surface area contributed by atoms with E-state index >= 15 is 0 Å². The first-order valence-corrected chi connectivity index (χ1v) is 8.07. The van der Waals surface area contributed by atoms with Crippen molar-refractivity contribution in [3.05, 3.63) is 0 Å². The number of hydrogen-bond donors (Lipinski definition) is 0. The Morgan fingerprint density at radius 1 is 1.30 bits per heavy atom. The van der Waals surface area contributed by atoms with Crippen molar-refractivity contribution < 1.29 is 19.0 Å². The zero-order valence-corrected chi connectivity index (χ0v) is 13.0. The number of ether oxygens (including phenoxy) is 3. The van der Waals surface area contributed by atoms with Crippen LogP contribution in [0, 0.1) is 11.8 Å². The van der Waals surface area contributed by atoms with Gasteiger partial charge in [-0.05, 0) is 31.6 Å². The summed E-state index contributed by atoms with van der Waals surface area (Å²) in [5, 5.41) is 0. The van der Waals surface area contributed by atoms with E-state index in [4.69, 9.17) is 14.2 Å². The van der Waals surface area contributed by atoms with Gasteiger partial charge in [-0.25, -0.2) is 0 Å². The summed E-state index contributed by atoms with van der Waals surface area (Å²) in [7, 11) is 0. The van der Waals surface area contributed by atoms with Crippen LogP contribution in [0.1, 0.15) is 52.9 Å². The van der Waals surface area contributed by atoms with Gasteiger partial charge < -0.3 is 14.2 Å². The van der Waals surface area contributed by atoms with Crippen molar-refractivity contribution >= 4 is 5.97 Å². The minimum absolute atomic E-state index is 0.0220. The first-order chi connectivity index (χ1) is 9.63. The lowest BCUT2D eigenvalue weighted by Gasteiger charge is -2.15. The second-order valence-electron chi connectivity index (χ2n) is 6.19. The predicted octanol–water partition coefficient (Wildman–Crippen LogP) is 2.94. The van der Waals surface area contributed by atoms with Crippen LogP contribution in [0.25, 0.3) is 0 Å². The summed E-state index contributed by atoms with van der Waals surface area (Å²) in [6.07, 6.45) is 7.85. The monoisotopic (exact) mass is 284 g/mol. The molecular weight excluding hydrogens is 256 g/mol. The minimum atomic E-state index is -0.108. The number of carbonyl (C=O) groups excluding carboxylic acids is 1. The SMILES string of the molecule is CCC(C)C(=O)OCC1CO1.CCC1CCC2OC2C1. The molecule has 0 aromatic carbocycles. The van der Waals surface area contributed by atoms with Crippen molar-refractivity contribution in [3.8, 4) is 0 Å². The highest BCUT2D eigenvalue weighted by Gasteiger charge is 2.43. The summed E-state index contributed by atoms with van der Waals surface area (Å²) in [5.74, 6) is 0.894. The molecule has 0 N–H and O–H groups in total. The summed E-state index contributed by atoms with van der Waals surface area (Å²) in [6.45, 7) is 7.31. The third-order valence-corrected chi connectivity index (χ3v) is 4.52. The Labute approximate surface area is 122 Å². The van der Waals surface area contributed by atoms with E-state index in [0.717, 1.165) is 18.9 Å². The maximum Gasteiger partial charge on any atom is 0.308 e. The third kappa shape index (κ3) is 5.06. The first kappa shape index (κ1) is 15.8. The van der Waals surface area contributed by atoms with Crippen molar-refractivity contribution in [2.45, 2.75) is 71.2 Å². The summed E-state index contributed by atoms with van der Waals surface area (Å²) >= 11 is 0. The largest absolute Gasteiger partial charge is 0.463 e. The molecule has 4 heteroatoms. The fraction of sp³-hybridized carbons (Fsp3) is 0.938. The highest BCUT2D eigenvalue weighted by molar-refractivity contribution is 5.71. The van der Waals surface area contributed by atoms with E-state index in [1.54, 1.807) is 0 Å². The molecular formula is C16H28O4. The molecule has 5 atom stereocenters. The summed E-state index contributed by atoms with van der Waals surface area (Å²) in [6, 6.07) is 0. The van der Waals surface area contributed by atoms with Crippen LogP contribution in [-0.4, -0.2) is 37.5 Å². The molecule has 5 unspecified atom stereocenters. The highest BCUT2D eigenvalue weighted by Crippen LogP contribution is 2.40. The number of esters is 1. The van der Waals surface area contributed by atoms with Crippen LogP contribution in [0.4, 0.5) is 0 Å². The van der Waals surface area contributed by atoms with Gasteiger partial charge in [-0.15, -0.1) is 0 Å². The Balaban J connectivity index is 0.000000149. The Morgan fingerprint density at radius 3 is 2.60 bits per heavy atom. The quantitative estimate of drug-likeness (QED) is 0.575. The molecule has 4 nitrogen and oxygen atoms in total. The minimum Gasteiger partial charge on any atom is -0.463 e. The average Bonchev–Trinajstić information content (AvgIpc) is 3.37. The van der Waals surface area contributed by atoms with Gasteiger partial charge in [0.2, 0.25) is 0 Å². The van der Waals surface area contributed by atoms with Crippen LogP contribution < -0.4 is 0 Å². The fourth-order valence-electron chi connectivity index (χ4n) is 2.51. The molecule has 2 heterocycles. The molecule has 1 aliphatic carbocycles. The summed E-state index contributed by atoms with van der Waals surface area (Å²) in [4.78, 5) is 11.0. The van der Waals surface area contributed by atoms with Crippen LogP contribution >= 0.6 is 0 Å². The van der Waals surface area contributed by atoms with Gasteiger partial charge in [0.1, 0.15) is 12.7 Å². The predicted molar refractivity (Wildman–Crippen MR) is 76.4 cm³/mol. The molecule has 0 radical (unpaired) electrons. The molecule has 3 aliphatic rings. The molecule has 0 bridgehead atoms. The van der Waals surface area contributed by atoms with E-state index in [1.165, 1.54) is 25.7 Å². The van der Waals surface area contributed by atoms with E-state index in [0.29, 0.717) is 18.8 Å². The lowest BCUT2D eigenvalue weighted by molar-refractivity contribution is -0.148. The number of epoxide rings is 2. The number of hydrogen-bond acceptors (Lipinski definition) is 4. The average molecular weight is 284 g/mol. The molecule has 0 aromatic rings.